The first-order valence-electron chi connectivity index (χ1n) is 8.99. The van der Waals surface area contributed by atoms with Crippen molar-refractivity contribution >= 4 is 34.1 Å². The van der Waals surface area contributed by atoms with Gasteiger partial charge in [-0.3, -0.25) is 4.79 Å². The minimum absolute atomic E-state index is 0.170. The van der Waals surface area contributed by atoms with Gasteiger partial charge in [-0.05, 0) is 12.1 Å². The van der Waals surface area contributed by atoms with E-state index in [9.17, 15) is 4.79 Å². The van der Waals surface area contributed by atoms with Gasteiger partial charge >= 0.3 is 0 Å². The number of fused-ring (bicyclic) bond motifs is 1. The summed E-state index contributed by atoms with van der Waals surface area (Å²) in [5, 5.41) is 23.4. The summed E-state index contributed by atoms with van der Waals surface area (Å²) in [5.41, 5.74) is 2.76. The Hall–Kier alpha value is -3.69. The number of thioether (sulfide) groups is 1. The Morgan fingerprint density at radius 1 is 0.897 bits per heavy atom. The topological polar surface area (TPSA) is 78.7 Å². The number of carbonyl (C=O) groups is 1. The molecule has 0 fully saturated rings. The zero-order chi connectivity index (χ0) is 20.1. The van der Waals surface area contributed by atoms with Crippen molar-refractivity contribution in [3.05, 3.63) is 84.4 Å². The van der Waals surface area contributed by atoms with Crippen LogP contribution in [0.3, 0.4) is 0 Å². The molecular formula is C23H16N4OS. The molecule has 6 heteroatoms. The molecule has 29 heavy (non-hydrogen) atoms. The molecule has 0 bridgehead atoms. The minimum Gasteiger partial charge on any atom is -0.324 e. The molecule has 1 aromatic heterocycles. The first-order chi connectivity index (χ1) is 14.3. The number of nitrogens with zero attached hydrogens (tertiary/aromatic N) is 3. The van der Waals surface area contributed by atoms with E-state index in [1.165, 1.54) is 11.8 Å². The predicted octanol–water partition coefficient (Wildman–Crippen LogP) is 4.90. The van der Waals surface area contributed by atoms with Gasteiger partial charge in [0.1, 0.15) is 16.8 Å². The number of nitriles is 1. The van der Waals surface area contributed by atoms with Gasteiger partial charge in [-0.2, -0.15) is 5.26 Å². The van der Waals surface area contributed by atoms with E-state index in [1.807, 2.05) is 54.6 Å². The molecule has 0 atom stereocenters. The van der Waals surface area contributed by atoms with E-state index in [-0.39, 0.29) is 11.7 Å². The van der Waals surface area contributed by atoms with Gasteiger partial charge in [0.15, 0.2) is 0 Å². The first kappa shape index (κ1) is 18.7. The van der Waals surface area contributed by atoms with Crippen LogP contribution in [0.1, 0.15) is 5.56 Å². The van der Waals surface area contributed by atoms with Gasteiger partial charge in [-0.15, -0.1) is 10.2 Å². The fourth-order valence-electron chi connectivity index (χ4n) is 3.00. The van der Waals surface area contributed by atoms with E-state index in [2.05, 4.69) is 21.6 Å². The molecule has 0 radical (unpaired) electrons. The Morgan fingerprint density at radius 2 is 1.59 bits per heavy atom. The van der Waals surface area contributed by atoms with Gasteiger partial charge in [0, 0.05) is 16.3 Å². The van der Waals surface area contributed by atoms with E-state index in [1.54, 1.807) is 24.3 Å². The lowest BCUT2D eigenvalue weighted by molar-refractivity contribution is -0.113. The normalized spacial score (nSPS) is 10.4. The highest BCUT2D eigenvalue weighted by Gasteiger charge is 2.13. The number of hydrogen-bond donors (Lipinski definition) is 1. The third-order valence-electron chi connectivity index (χ3n) is 4.36. The second-order valence-electron chi connectivity index (χ2n) is 6.26. The fourth-order valence-corrected chi connectivity index (χ4v) is 3.78. The molecule has 0 aliphatic carbocycles. The van der Waals surface area contributed by atoms with Crippen LogP contribution in [0.15, 0.2) is 83.9 Å². The Labute approximate surface area is 172 Å². The highest BCUT2D eigenvalue weighted by Crippen LogP contribution is 2.31. The molecule has 1 heterocycles. The zero-order valence-electron chi connectivity index (χ0n) is 15.4. The van der Waals surface area contributed by atoms with Crippen molar-refractivity contribution in [1.29, 1.82) is 5.26 Å². The van der Waals surface area contributed by atoms with E-state index in [0.717, 1.165) is 22.0 Å². The number of carbonyl (C=O) groups excluding carboxylic acids is 1. The predicted molar refractivity (Wildman–Crippen MR) is 115 cm³/mol. The Balaban J connectivity index is 1.56. The van der Waals surface area contributed by atoms with Crippen molar-refractivity contribution in [3.8, 4) is 17.3 Å². The second kappa shape index (κ2) is 8.55. The smallest absolute Gasteiger partial charge is 0.234 e. The van der Waals surface area contributed by atoms with E-state index < -0.39 is 0 Å². The van der Waals surface area contributed by atoms with Crippen LogP contribution in [0.2, 0.25) is 0 Å². The molecule has 140 valence electrons. The summed E-state index contributed by atoms with van der Waals surface area (Å²) in [6, 6.07) is 26.8. The number of aromatic nitrogens is 2. The Kier molecular flexibility index (Phi) is 5.50. The van der Waals surface area contributed by atoms with Gasteiger partial charge in [0.05, 0.1) is 17.0 Å². The average Bonchev–Trinajstić information content (AvgIpc) is 2.78. The zero-order valence-corrected chi connectivity index (χ0v) is 16.2. The SMILES string of the molecule is N#Cc1ccccc1NC(=O)CSc1nnc(-c2ccccc2)c2ccccc12. The summed E-state index contributed by atoms with van der Waals surface area (Å²) in [7, 11) is 0. The highest BCUT2D eigenvalue weighted by atomic mass is 32.2. The molecule has 0 aliphatic heterocycles. The van der Waals surface area contributed by atoms with Crippen LogP contribution in [-0.2, 0) is 4.79 Å². The summed E-state index contributed by atoms with van der Waals surface area (Å²) in [6.45, 7) is 0. The quantitative estimate of drug-likeness (QED) is 0.486. The van der Waals surface area contributed by atoms with E-state index in [4.69, 9.17) is 5.26 Å². The highest BCUT2D eigenvalue weighted by molar-refractivity contribution is 8.00. The number of nitrogens with one attached hydrogen (secondary N) is 1. The van der Waals surface area contributed by atoms with Crippen LogP contribution in [0.5, 0.6) is 0 Å². The summed E-state index contributed by atoms with van der Waals surface area (Å²) < 4.78 is 0. The lowest BCUT2D eigenvalue weighted by Crippen LogP contribution is -2.15. The molecule has 4 aromatic rings. The third-order valence-corrected chi connectivity index (χ3v) is 5.34. The number of para-hydroxylation sites is 1. The van der Waals surface area contributed by atoms with E-state index >= 15 is 0 Å². The first-order valence-corrected chi connectivity index (χ1v) is 9.97. The van der Waals surface area contributed by atoms with Gasteiger partial charge in [-0.25, -0.2) is 0 Å². The molecule has 0 unspecified atom stereocenters. The standard InChI is InChI=1S/C23H16N4OS/c24-14-17-10-4-7-13-20(17)25-21(28)15-29-23-19-12-6-5-11-18(19)22(26-27-23)16-8-2-1-3-9-16/h1-13H,15H2,(H,25,28). The Morgan fingerprint density at radius 3 is 2.38 bits per heavy atom. The number of amides is 1. The van der Waals surface area contributed by atoms with Crippen LogP contribution in [0, 0.1) is 11.3 Å². The molecule has 0 saturated heterocycles. The molecule has 4 rings (SSSR count). The van der Waals surface area contributed by atoms with Crippen molar-refractivity contribution in [2.75, 3.05) is 11.1 Å². The lowest BCUT2D eigenvalue weighted by atomic mass is 10.1. The fraction of sp³-hybridized carbons (Fsp3) is 0.0435. The summed E-state index contributed by atoms with van der Waals surface area (Å²) in [4.78, 5) is 12.4. The van der Waals surface area contributed by atoms with E-state index in [0.29, 0.717) is 16.3 Å². The van der Waals surface area contributed by atoms with Gasteiger partial charge < -0.3 is 5.32 Å². The molecular weight excluding hydrogens is 380 g/mol. The number of rotatable bonds is 5. The number of benzene rings is 3. The number of hydrogen-bond acceptors (Lipinski definition) is 5. The molecule has 1 amide bonds. The Bertz CT molecular complexity index is 1220. The maximum Gasteiger partial charge on any atom is 0.234 e. The van der Waals surface area contributed by atoms with Crippen LogP contribution < -0.4 is 5.32 Å². The van der Waals surface area contributed by atoms with Crippen LogP contribution >= 0.6 is 11.8 Å². The van der Waals surface area contributed by atoms with Crippen LogP contribution in [0.4, 0.5) is 5.69 Å². The molecule has 0 aliphatic rings. The average molecular weight is 396 g/mol. The lowest BCUT2D eigenvalue weighted by Gasteiger charge is -2.10. The van der Waals surface area contributed by atoms with Gasteiger partial charge in [0.25, 0.3) is 0 Å². The van der Waals surface area contributed by atoms with Crippen molar-refractivity contribution in [3.63, 3.8) is 0 Å². The summed E-state index contributed by atoms with van der Waals surface area (Å²) in [5.74, 6) is -0.0286. The monoisotopic (exact) mass is 396 g/mol. The summed E-state index contributed by atoms with van der Waals surface area (Å²) >= 11 is 1.33. The molecule has 5 nitrogen and oxygen atoms in total. The van der Waals surface area contributed by atoms with Crippen LogP contribution in [-0.4, -0.2) is 21.9 Å². The molecule has 0 saturated carbocycles. The molecule has 1 N–H and O–H groups in total. The third kappa shape index (κ3) is 4.10. The van der Waals surface area contributed by atoms with Crippen molar-refractivity contribution in [2.45, 2.75) is 5.03 Å². The second-order valence-corrected chi connectivity index (χ2v) is 7.22. The largest absolute Gasteiger partial charge is 0.324 e. The van der Waals surface area contributed by atoms with Crippen LogP contribution in [0.25, 0.3) is 22.0 Å². The van der Waals surface area contributed by atoms with Crippen molar-refractivity contribution in [1.82, 2.24) is 10.2 Å². The maximum absolute atomic E-state index is 12.4. The molecule has 0 spiro atoms. The van der Waals surface area contributed by atoms with Gasteiger partial charge in [0.2, 0.25) is 5.91 Å². The maximum atomic E-state index is 12.4. The molecule has 3 aromatic carbocycles. The summed E-state index contributed by atoms with van der Waals surface area (Å²) in [6.07, 6.45) is 0. The van der Waals surface area contributed by atoms with Crippen molar-refractivity contribution < 1.29 is 4.79 Å². The van der Waals surface area contributed by atoms with Gasteiger partial charge in [-0.1, -0.05) is 78.5 Å². The minimum atomic E-state index is -0.198. The van der Waals surface area contributed by atoms with Crippen molar-refractivity contribution in [2.24, 2.45) is 0 Å². The number of anilines is 1.